The molecule has 28 heavy (non-hydrogen) atoms. The van der Waals surface area contributed by atoms with Gasteiger partial charge in [-0.25, -0.2) is 4.39 Å². The Morgan fingerprint density at radius 3 is 2.71 bits per heavy atom. The molecule has 0 bridgehead atoms. The zero-order valence-electron chi connectivity index (χ0n) is 15.9. The lowest BCUT2D eigenvalue weighted by Crippen LogP contribution is -2.42. The lowest BCUT2D eigenvalue weighted by molar-refractivity contribution is -0.149. The summed E-state index contributed by atoms with van der Waals surface area (Å²) in [7, 11) is 0. The summed E-state index contributed by atoms with van der Waals surface area (Å²) in [6, 6.07) is 13.1. The highest BCUT2D eigenvalue weighted by atomic mass is 19.1. The van der Waals surface area contributed by atoms with E-state index in [9.17, 15) is 14.0 Å². The first-order chi connectivity index (χ1) is 13.6. The Bertz CT molecular complexity index is 822. The molecular weight excluding hydrogens is 361 g/mol. The van der Waals surface area contributed by atoms with Gasteiger partial charge >= 0.3 is 5.97 Å². The third-order valence-electron chi connectivity index (χ3n) is 4.73. The van der Waals surface area contributed by atoms with Crippen molar-refractivity contribution in [2.45, 2.75) is 26.4 Å². The summed E-state index contributed by atoms with van der Waals surface area (Å²) in [4.78, 5) is 26.6. The van der Waals surface area contributed by atoms with Gasteiger partial charge in [-0.2, -0.15) is 0 Å². The molecule has 1 aliphatic rings. The molecule has 2 aromatic carbocycles. The van der Waals surface area contributed by atoms with Crippen LogP contribution in [0.3, 0.4) is 0 Å². The van der Waals surface area contributed by atoms with Crippen molar-refractivity contribution in [2.75, 3.05) is 19.7 Å². The van der Waals surface area contributed by atoms with Crippen LogP contribution >= 0.6 is 0 Å². The minimum atomic E-state index is -0.293. The molecule has 5 nitrogen and oxygen atoms in total. The Morgan fingerprint density at radius 2 is 1.96 bits per heavy atom. The molecule has 1 unspecified atom stereocenters. The highest BCUT2D eigenvalue weighted by Crippen LogP contribution is 2.22. The standard InChI is InChI=1S/C22H24FNO4/c1-2-27-22(26)18-6-4-12-24(14-18)21(25)17-5-3-7-20(13-17)28-15-16-8-10-19(23)11-9-16/h3,5,7-11,13,18H,2,4,6,12,14-15H2,1H3. The Balaban J connectivity index is 1.63. The molecule has 0 N–H and O–H groups in total. The van der Waals surface area contributed by atoms with Crippen LogP contribution in [0.25, 0.3) is 0 Å². The number of nitrogens with zero attached hydrogens (tertiary/aromatic N) is 1. The highest BCUT2D eigenvalue weighted by Gasteiger charge is 2.29. The van der Waals surface area contributed by atoms with Gasteiger partial charge in [0, 0.05) is 18.7 Å². The second-order valence-corrected chi connectivity index (χ2v) is 6.79. The number of hydrogen-bond acceptors (Lipinski definition) is 4. The molecule has 1 saturated heterocycles. The maximum atomic E-state index is 13.0. The second kappa shape index (κ2) is 9.35. The molecule has 0 spiro atoms. The van der Waals surface area contributed by atoms with E-state index in [1.165, 1.54) is 12.1 Å². The number of carbonyl (C=O) groups excluding carboxylic acids is 2. The normalized spacial score (nSPS) is 16.5. The van der Waals surface area contributed by atoms with Crippen molar-refractivity contribution in [3.8, 4) is 5.75 Å². The van der Waals surface area contributed by atoms with Gasteiger partial charge in [0.1, 0.15) is 18.2 Å². The van der Waals surface area contributed by atoms with Crippen LogP contribution in [0, 0.1) is 11.7 Å². The van der Waals surface area contributed by atoms with Crippen molar-refractivity contribution in [2.24, 2.45) is 5.92 Å². The smallest absolute Gasteiger partial charge is 0.310 e. The molecule has 0 aromatic heterocycles. The molecule has 1 atom stereocenters. The summed E-state index contributed by atoms with van der Waals surface area (Å²) in [5.74, 6) is -0.360. The van der Waals surface area contributed by atoms with Gasteiger partial charge in [-0.05, 0) is 55.7 Å². The molecule has 0 radical (unpaired) electrons. The summed E-state index contributed by atoms with van der Waals surface area (Å²) < 4.78 is 23.8. The third kappa shape index (κ3) is 5.09. The van der Waals surface area contributed by atoms with Gasteiger partial charge < -0.3 is 14.4 Å². The molecule has 2 aromatic rings. The molecule has 1 aliphatic heterocycles. The van der Waals surface area contributed by atoms with E-state index in [1.54, 1.807) is 48.2 Å². The fourth-order valence-electron chi connectivity index (χ4n) is 3.26. The molecule has 0 aliphatic carbocycles. The van der Waals surface area contributed by atoms with Crippen molar-refractivity contribution in [1.29, 1.82) is 0 Å². The molecule has 148 valence electrons. The Morgan fingerprint density at radius 1 is 1.18 bits per heavy atom. The van der Waals surface area contributed by atoms with E-state index < -0.39 is 0 Å². The summed E-state index contributed by atoms with van der Waals surface area (Å²) in [6.45, 7) is 3.40. The molecule has 1 heterocycles. The molecule has 1 amide bonds. The Hall–Kier alpha value is -2.89. The van der Waals surface area contributed by atoms with Crippen LogP contribution in [0.15, 0.2) is 48.5 Å². The largest absolute Gasteiger partial charge is 0.489 e. The van der Waals surface area contributed by atoms with Crippen LogP contribution in [0.4, 0.5) is 4.39 Å². The molecule has 6 heteroatoms. The first kappa shape index (κ1) is 19.9. The number of esters is 1. The van der Waals surface area contributed by atoms with Gasteiger partial charge in [-0.15, -0.1) is 0 Å². The first-order valence-corrected chi connectivity index (χ1v) is 9.50. The SMILES string of the molecule is CCOC(=O)C1CCCN(C(=O)c2cccc(OCc3ccc(F)cc3)c2)C1. The van der Waals surface area contributed by atoms with Gasteiger partial charge in [-0.1, -0.05) is 18.2 Å². The van der Waals surface area contributed by atoms with E-state index >= 15 is 0 Å². The number of likely N-dealkylation sites (tertiary alicyclic amines) is 1. The average molecular weight is 385 g/mol. The van der Waals surface area contributed by atoms with Crippen LogP contribution in [-0.4, -0.2) is 36.5 Å². The average Bonchev–Trinajstić information content (AvgIpc) is 2.73. The lowest BCUT2D eigenvalue weighted by Gasteiger charge is -2.31. The highest BCUT2D eigenvalue weighted by molar-refractivity contribution is 5.95. The number of rotatable bonds is 6. The van der Waals surface area contributed by atoms with Crippen molar-refractivity contribution in [3.63, 3.8) is 0 Å². The van der Waals surface area contributed by atoms with E-state index in [4.69, 9.17) is 9.47 Å². The first-order valence-electron chi connectivity index (χ1n) is 9.50. The van der Waals surface area contributed by atoms with Crippen molar-refractivity contribution in [1.82, 2.24) is 4.90 Å². The van der Waals surface area contributed by atoms with E-state index in [-0.39, 0.29) is 30.2 Å². The van der Waals surface area contributed by atoms with Crippen molar-refractivity contribution in [3.05, 3.63) is 65.5 Å². The number of piperidine rings is 1. The fraction of sp³-hybridized carbons (Fsp3) is 0.364. The Kier molecular flexibility index (Phi) is 6.63. The van der Waals surface area contributed by atoms with Crippen LogP contribution < -0.4 is 4.74 Å². The quantitative estimate of drug-likeness (QED) is 0.710. The third-order valence-corrected chi connectivity index (χ3v) is 4.73. The number of benzene rings is 2. The molecule has 0 saturated carbocycles. The summed E-state index contributed by atoms with van der Waals surface area (Å²) in [5, 5.41) is 0. The topological polar surface area (TPSA) is 55.8 Å². The van der Waals surface area contributed by atoms with Crippen molar-refractivity contribution >= 4 is 11.9 Å². The number of amides is 1. The van der Waals surface area contributed by atoms with Crippen molar-refractivity contribution < 1.29 is 23.5 Å². The zero-order valence-corrected chi connectivity index (χ0v) is 15.9. The summed E-state index contributed by atoms with van der Waals surface area (Å²) in [6.07, 6.45) is 1.51. The number of ether oxygens (including phenoxy) is 2. The maximum Gasteiger partial charge on any atom is 0.310 e. The van der Waals surface area contributed by atoms with E-state index in [1.807, 2.05) is 0 Å². The maximum absolute atomic E-state index is 13.0. The minimum absolute atomic E-state index is 0.124. The Labute approximate surface area is 164 Å². The van der Waals surface area contributed by atoms with Crippen LogP contribution in [0.2, 0.25) is 0 Å². The van der Waals surface area contributed by atoms with Crippen LogP contribution in [0.5, 0.6) is 5.75 Å². The molecular formula is C22H24FNO4. The van der Waals surface area contributed by atoms with Crippen LogP contribution in [-0.2, 0) is 16.1 Å². The summed E-state index contributed by atoms with van der Waals surface area (Å²) >= 11 is 0. The number of halogens is 1. The molecule has 3 rings (SSSR count). The van der Waals surface area contributed by atoms with Gasteiger partial charge in [0.05, 0.1) is 12.5 Å². The number of hydrogen-bond donors (Lipinski definition) is 0. The monoisotopic (exact) mass is 385 g/mol. The van der Waals surface area contributed by atoms with E-state index in [0.717, 1.165) is 18.4 Å². The fourth-order valence-corrected chi connectivity index (χ4v) is 3.26. The van der Waals surface area contributed by atoms with E-state index in [0.29, 0.717) is 31.0 Å². The second-order valence-electron chi connectivity index (χ2n) is 6.79. The van der Waals surface area contributed by atoms with Gasteiger partial charge in [-0.3, -0.25) is 9.59 Å². The lowest BCUT2D eigenvalue weighted by atomic mass is 9.97. The molecule has 1 fully saturated rings. The van der Waals surface area contributed by atoms with Gasteiger partial charge in [0.25, 0.3) is 5.91 Å². The van der Waals surface area contributed by atoms with Gasteiger partial charge in [0.2, 0.25) is 0 Å². The zero-order chi connectivity index (χ0) is 19.9. The predicted octanol–water partition coefficient (Wildman–Crippen LogP) is 3.82. The van der Waals surface area contributed by atoms with Gasteiger partial charge in [0.15, 0.2) is 0 Å². The predicted molar refractivity (Wildman–Crippen MR) is 102 cm³/mol. The van der Waals surface area contributed by atoms with E-state index in [2.05, 4.69) is 0 Å². The number of carbonyl (C=O) groups is 2. The summed E-state index contributed by atoms with van der Waals surface area (Å²) in [5.41, 5.74) is 1.35. The minimum Gasteiger partial charge on any atom is -0.489 e. The van der Waals surface area contributed by atoms with Crippen LogP contribution in [0.1, 0.15) is 35.7 Å².